The topological polar surface area (TPSA) is 51.7 Å². The summed E-state index contributed by atoms with van der Waals surface area (Å²) in [4.78, 5) is 6.91. The molecule has 0 aliphatic carbocycles. The Labute approximate surface area is 153 Å². The summed E-state index contributed by atoms with van der Waals surface area (Å²) in [5.74, 6) is 0.905. The minimum Gasteiger partial charge on any atom is -0.355 e. The van der Waals surface area contributed by atoms with E-state index in [2.05, 4.69) is 76.9 Å². The van der Waals surface area contributed by atoms with Crippen molar-refractivity contribution in [3.05, 3.63) is 35.9 Å². The van der Waals surface area contributed by atoms with Gasteiger partial charge in [0.1, 0.15) is 0 Å². The van der Waals surface area contributed by atoms with Crippen LogP contribution in [-0.4, -0.2) is 55.7 Å². The molecule has 1 heterocycles. The normalized spacial score (nSPS) is 19.7. The first-order chi connectivity index (χ1) is 12.0. The van der Waals surface area contributed by atoms with Crippen molar-refractivity contribution in [2.45, 2.75) is 51.7 Å². The number of aliphatic imine (C=N–C) groups is 1. The van der Waals surface area contributed by atoms with Gasteiger partial charge in [-0.25, -0.2) is 0 Å². The fourth-order valence-electron chi connectivity index (χ4n) is 3.16. The van der Waals surface area contributed by atoms with Gasteiger partial charge in [0.05, 0.1) is 0 Å². The van der Waals surface area contributed by atoms with Crippen LogP contribution >= 0.6 is 0 Å². The average molecular weight is 346 g/mol. The summed E-state index contributed by atoms with van der Waals surface area (Å²) in [5.41, 5.74) is 1.54. The second-order valence-corrected chi connectivity index (χ2v) is 7.88. The lowest BCUT2D eigenvalue weighted by Crippen LogP contribution is -2.52. The van der Waals surface area contributed by atoms with Crippen molar-refractivity contribution in [3.63, 3.8) is 0 Å². The Bertz CT molecular complexity index is 521. The van der Waals surface area contributed by atoms with Gasteiger partial charge in [-0.3, -0.25) is 9.89 Å². The van der Waals surface area contributed by atoms with Crippen LogP contribution in [-0.2, 0) is 6.54 Å². The van der Waals surface area contributed by atoms with Crippen LogP contribution in [0.15, 0.2) is 35.3 Å². The van der Waals surface area contributed by atoms with Crippen LogP contribution in [0.25, 0.3) is 0 Å². The number of guanidine groups is 1. The molecule has 0 saturated carbocycles. The number of likely N-dealkylation sites (tertiary alicyclic amines) is 1. The van der Waals surface area contributed by atoms with E-state index in [0.29, 0.717) is 6.04 Å². The van der Waals surface area contributed by atoms with Crippen LogP contribution in [0.2, 0.25) is 0 Å². The zero-order chi connectivity index (χ0) is 18.1. The Morgan fingerprint density at radius 2 is 1.96 bits per heavy atom. The Hall–Kier alpha value is -1.59. The van der Waals surface area contributed by atoms with Gasteiger partial charge >= 0.3 is 0 Å². The van der Waals surface area contributed by atoms with Gasteiger partial charge in [-0.05, 0) is 45.7 Å². The third-order valence-electron chi connectivity index (χ3n) is 4.39. The van der Waals surface area contributed by atoms with Gasteiger partial charge < -0.3 is 16.0 Å². The van der Waals surface area contributed by atoms with Crippen LogP contribution in [0, 0.1) is 0 Å². The fraction of sp³-hybridized carbons (Fsp3) is 0.650. The molecular formula is C20H35N5. The highest BCUT2D eigenvalue weighted by molar-refractivity contribution is 5.79. The largest absolute Gasteiger partial charge is 0.355 e. The molecule has 1 atom stereocenters. The number of nitrogens with zero attached hydrogens (tertiary/aromatic N) is 2. The van der Waals surface area contributed by atoms with E-state index in [1.165, 1.54) is 24.9 Å². The first-order valence-corrected chi connectivity index (χ1v) is 9.45. The zero-order valence-corrected chi connectivity index (χ0v) is 16.3. The van der Waals surface area contributed by atoms with E-state index in [9.17, 15) is 0 Å². The van der Waals surface area contributed by atoms with Gasteiger partial charge in [-0.2, -0.15) is 0 Å². The van der Waals surface area contributed by atoms with Crippen LogP contribution < -0.4 is 16.0 Å². The van der Waals surface area contributed by atoms with Crippen LogP contribution in [0.4, 0.5) is 0 Å². The minimum atomic E-state index is 0.153. The summed E-state index contributed by atoms with van der Waals surface area (Å²) in [7, 11) is 1.84. The summed E-state index contributed by atoms with van der Waals surface area (Å²) in [6.45, 7) is 11.6. The summed E-state index contributed by atoms with van der Waals surface area (Å²) in [6.07, 6.45) is 2.43. The summed E-state index contributed by atoms with van der Waals surface area (Å²) in [6, 6.07) is 11.2. The van der Waals surface area contributed by atoms with Crippen molar-refractivity contribution in [1.29, 1.82) is 0 Å². The highest BCUT2D eigenvalue weighted by Crippen LogP contribution is 2.13. The second-order valence-electron chi connectivity index (χ2n) is 7.88. The standard InChI is InChI=1S/C20H35N5/c1-20(2,3)23-13-12-22-19(21-4)24-18-11-8-14-25(16-18)15-17-9-6-5-7-10-17/h5-7,9-10,18,23H,8,11-16H2,1-4H3,(H2,21,22,24). The third-order valence-corrected chi connectivity index (χ3v) is 4.39. The molecule has 1 aliphatic heterocycles. The molecule has 1 unspecified atom stereocenters. The quantitative estimate of drug-likeness (QED) is 0.420. The molecule has 3 N–H and O–H groups in total. The summed E-state index contributed by atoms with van der Waals surface area (Å²) in [5, 5.41) is 10.5. The number of piperidine rings is 1. The van der Waals surface area contributed by atoms with Crippen molar-refractivity contribution in [2.75, 3.05) is 33.2 Å². The van der Waals surface area contributed by atoms with E-state index in [0.717, 1.165) is 32.1 Å². The SMILES string of the molecule is CN=C(NCCNC(C)(C)C)NC1CCCN(Cc2ccccc2)C1. The Morgan fingerprint density at radius 3 is 2.64 bits per heavy atom. The molecule has 1 fully saturated rings. The fourth-order valence-corrected chi connectivity index (χ4v) is 3.16. The van der Waals surface area contributed by atoms with E-state index in [1.54, 1.807) is 0 Å². The van der Waals surface area contributed by atoms with Crippen LogP contribution in [0.1, 0.15) is 39.2 Å². The van der Waals surface area contributed by atoms with Crippen molar-refractivity contribution in [3.8, 4) is 0 Å². The van der Waals surface area contributed by atoms with Gasteiger partial charge in [-0.15, -0.1) is 0 Å². The number of rotatable bonds is 6. The van der Waals surface area contributed by atoms with E-state index >= 15 is 0 Å². The highest BCUT2D eigenvalue weighted by Gasteiger charge is 2.20. The molecule has 2 rings (SSSR count). The zero-order valence-electron chi connectivity index (χ0n) is 16.3. The monoisotopic (exact) mass is 345 g/mol. The maximum absolute atomic E-state index is 4.37. The lowest BCUT2D eigenvalue weighted by molar-refractivity contribution is 0.192. The van der Waals surface area contributed by atoms with E-state index in [1.807, 2.05) is 7.05 Å². The Kier molecular flexibility index (Phi) is 7.72. The number of nitrogens with one attached hydrogen (secondary N) is 3. The highest BCUT2D eigenvalue weighted by atomic mass is 15.2. The first kappa shape index (κ1) is 19.7. The van der Waals surface area contributed by atoms with Crippen LogP contribution in [0.3, 0.4) is 0 Å². The van der Waals surface area contributed by atoms with Crippen molar-refractivity contribution in [1.82, 2.24) is 20.9 Å². The lowest BCUT2D eigenvalue weighted by atomic mass is 10.0. The molecule has 5 heteroatoms. The molecule has 5 nitrogen and oxygen atoms in total. The summed E-state index contributed by atoms with van der Waals surface area (Å²) >= 11 is 0. The molecule has 1 aliphatic rings. The lowest BCUT2D eigenvalue weighted by Gasteiger charge is -2.34. The van der Waals surface area contributed by atoms with Gasteiger partial charge in [0.25, 0.3) is 0 Å². The number of hydrogen-bond donors (Lipinski definition) is 3. The molecule has 1 saturated heterocycles. The summed E-state index contributed by atoms with van der Waals surface area (Å²) < 4.78 is 0. The van der Waals surface area contributed by atoms with Gasteiger partial charge in [0.2, 0.25) is 0 Å². The smallest absolute Gasteiger partial charge is 0.191 e. The predicted molar refractivity (Wildman–Crippen MR) is 107 cm³/mol. The second kappa shape index (κ2) is 9.78. The molecule has 0 aromatic heterocycles. The number of hydrogen-bond acceptors (Lipinski definition) is 3. The van der Waals surface area contributed by atoms with Gasteiger partial charge in [0.15, 0.2) is 5.96 Å². The Morgan fingerprint density at radius 1 is 1.20 bits per heavy atom. The average Bonchev–Trinajstić information content (AvgIpc) is 2.58. The Balaban J connectivity index is 1.74. The molecule has 0 bridgehead atoms. The van der Waals surface area contributed by atoms with Crippen LogP contribution in [0.5, 0.6) is 0 Å². The molecule has 0 amide bonds. The first-order valence-electron chi connectivity index (χ1n) is 9.45. The molecule has 140 valence electrons. The maximum Gasteiger partial charge on any atom is 0.191 e. The predicted octanol–water partition coefficient (Wildman–Crippen LogP) is 2.20. The molecule has 1 aromatic carbocycles. The minimum absolute atomic E-state index is 0.153. The van der Waals surface area contributed by atoms with Crippen molar-refractivity contribution in [2.24, 2.45) is 4.99 Å². The molecule has 0 radical (unpaired) electrons. The maximum atomic E-state index is 4.37. The van der Waals surface area contributed by atoms with E-state index in [-0.39, 0.29) is 5.54 Å². The van der Waals surface area contributed by atoms with E-state index < -0.39 is 0 Å². The number of benzene rings is 1. The van der Waals surface area contributed by atoms with Crippen molar-refractivity contribution >= 4 is 5.96 Å². The molecule has 0 spiro atoms. The molecular weight excluding hydrogens is 310 g/mol. The van der Waals surface area contributed by atoms with Gasteiger partial charge in [0, 0.05) is 44.8 Å². The molecule has 25 heavy (non-hydrogen) atoms. The van der Waals surface area contributed by atoms with Gasteiger partial charge in [-0.1, -0.05) is 30.3 Å². The van der Waals surface area contributed by atoms with E-state index in [4.69, 9.17) is 0 Å². The molecule has 1 aromatic rings. The van der Waals surface area contributed by atoms with Crippen molar-refractivity contribution < 1.29 is 0 Å². The third kappa shape index (κ3) is 7.88.